The minimum absolute atomic E-state index is 0.123. The van der Waals surface area contributed by atoms with E-state index in [1.54, 1.807) is 0 Å². The van der Waals surface area contributed by atoms with Gasteiger partial charge in [0.1, 0.15) is 0 Å². The van der Waals surface area contributed by atoms with Crippen molar-refractivity contribution >= 4 is 11.6 Å². The van der Waals surface area contributed by atoms with Crippen LogP contribution < -0.4 is 10.2 Å². The maximum absolute atomic E-state index is 11.7. The first-order chi connectivity index (χ1) is 11.2. The molecule has 0 saturated carbocycles. The Morgan fingerprint density at radius 3 is 2.57 bits per heavy atom. The van der Waals surface area contributed by atoms with Gasteiger partial charge in [-0.3, -0.25) is 4.79 Å². The Kier molecular flexibility index (Phi) is 4.65. The van der Waals surface area contributed by atoms with Gasteiger partial charge >= 0.3 is 0 Å². The van der Waals surface area contributed by atoms with Crippen molar-refractivity contribution in [3.05, 3.63) is 65.7 Å². The number of carbonyl (C=O) groups excluding carboxylic acids is 1. The largest absolute Gasteiger partial charge is 0.374 e. The lowest BCUT2D eigenvalue weighted by Gasteiger charge is -2.40. The highest BCUT2D eigenvalue weighted by Crippen LogP contribution is 2.41. The number of benzene rings is 2. The van der Waals surface area contributed by atoms with E-state index < -0.39 is 0 Å². The first-order valence-corrected chi connectivity index (χ1v) is 8.32. The zero-order valence-electron chi connectivity index (χ0n) is 13.8. The fourth-order valence-electron chi connectivity index (χ4n) is 3.57. The van der Waals surface area contributed by atoms with E-state index >= 15 is 0 Å². The standard InChI is InChI=1S/C20H24N2O/c1-3-19(23)21-13-16-14-22(2)18-12-8-7-11-17(18)20(16)15-9-5-4-6-10-15/h4-12,16,20H,3,13-14H2,1-2H3,(H,21,23)/t16-,20-/m1/s1. The summed E-state index contributed by atoms with van der Waals surface area (Å²) in [4.78, 5) is 14.0. The topological polar surface area (TPSA) is 32.3 Å². The lowest BCUT2D eigenvalue weighted by molar-refractivity contribution is -0.120. The Balaban J connectivity index is 1.97. The van der Waals surface area contributed by atoms with Gasteiger partial charge in [-0.25, -0.2) is 0 Å². The summed E-state index contributed by atoms with van der Waals surface area (Å²) in [5.74, 6) is 0.812. The predicted octanol–water partition coefficient (Wildman–Crippen LogP) is 3.41. The summed E-state index contributed by atoms with van der Waals surface area (Å²) in [5, 5.41) is 3.09. The summed E-state index contributed by atoms with van der Waals surface area (Å²) in [6.45, 7) is 3.55. The van der Waals surface area contributed by atoms with Crippen molar-refractivity contribution in [2.45, 2.75) is 19.3 Å². The van der Waals surface area contributed by atoms with Gasteiger partial charge in [0.05, 0.1) is 0 Å². The number of hydrogen-bond acceptors (Lipinski definition) is 2. The molecule has 0 fully saturated rings. The molecule has 0 radical (unpaired) electrons. The van der Waals surface area contributed by atoms with Crippen molar-refractivity contribution < 1.29 is 4.79 Å². The van der Waals surface area contributed by atoms with Crippen molar-refractivity contribution in [1.82, 2.24) is 5.32 Å². The monoisotopic (exact) mass is 308 g/mol. The Bertz CT molecular complexity index is 668. The summed E-state index contributed by atoms with van der Waals surface area (Å²) in [5.41, 5.74) is 3.96. The summed E-state index contributed by atoms with van der Waals surface area (Å²) in [6.07, 6.45) is 0.537. The summed E-state index contributed by atoms with van der Waals surface area (Å²) >= 11 is 0. The van der Waals surface area contributed by atoms with Gasteiger partial charge < -0.3 is 10.2 Å². The molecule has 2 aromatic rings. The quantitative estimate of drug-likeness (QED) is 0.939. The molecule has 0 bridgehead atoms. The van der Waals surface area contributed by atoms with Crippen molar-refractivity contribution in [3.8, 4) is 0 Å². The molecule has 0 unspecified atom stereocenters. The van der Waals surface area contributed by atoms with E-state index in [4.69, 9.17) is 0 Å². The van der Waals surface area contributed by atoms with Gasteiger partial charge in [0.15, 0.2) is 0 Å². The van der Waals surface area contributed by atoms with Crippen LogP contribution in [0.2, 0.25) is 0 Å². The number of anilines is 1. The molecule has 3 nitrogen and oxygen atoms in total. The number of nitrogens with zero attached hydrogens (tertiary/aromatic N) is 1. The van der Waals surface area contributed by atoms with Crippen molar-refractivity contribution in [3.63, 3.8) is 0 Å². The van der Waals surface area contributed by atoms with Crippen LogP contribution in [0.15, 0.2) is 54.6 Å². The molecule has 1 aliphatic rings. The van der Waals surface area contributed by atoms with Gasteiger partial charge in [-0.2, -0.15) is 0 Å². The zero-order chi connectivity index (χ0) is 16.2. The van der Waals surface area contributed by atoms with Gasteiger partial charge in [-0.15, -0.1) is 0 Å². The number of fused-ring (bicyclic) bond motifs is 1. The molecule has 0 aromatic heterocycles. The molecule has 0 saturated heterocycles. The zero-order valence-corrected chi connectivity index (χ0v) is 13.8. The molecule has 1 amide bonds. The molecular formula is C20H24N2O. The van der Waals surface area contributed by atoms with Crippen LogP contribution in [0.5, 0.6) is 0 Å². The summed E-state index contributed by atoms with van der Waals surface area (Å²) in [7, 11) is 2.13. The molecule has 3 heteroatoms. The summed E-state index contributed by atoms with van der Waals surface area (Å²) in [6, 6.07) is 19.2. The molecule has 23 heavy (non-hydrogen) atoms. The molecule has 1 aliphatic heterocycles. The second kappa shape index (κ2) is 6.86. The molecule has 1 heterocycles. The SMILES string of the molecule is CCC(=O)NC[C@@H]1CN(C)c2ccccc2[C@@H]1c1ccccc1. The molecule has 1 N–H and O–H groups in total. The van der Waals surface area contributed by atoms with Crippen LogP contribution in [0.25, 0.3) is 0 Å². The van der Waals surface area contributed by atoms with Crippen LogP contribution in [0.4, 0.5) is 5.69 Å². The van der Waals surface area contributed by atoms with E-state index in [1.807, 2.05) is 6.92 Å². The van der Waals surface area contributed by atoms with E-state index in [1.165, 1.54) is 16.8 Å². The normalized spacial score (nSPS) is 20.0. The van der Waals surface area contributed by atoms with E-state index in [2.05, 4.69) is 71.9 Å². The number of rotatable bonds is 4. The third kappa shape index (κ3) is 3.24. The van der Waals surface area contributed by atoms with Crippen LogP contribution in [0, 0.1) is 5.92 Å². The minimum atomic E-state index is 0.123. The van der Waals surface area contributed by atoms with Crippen LogP contribution in [0.3, 0.4) is 0 Å². The second-order valence-corrected chi connectivity index (χ2v) is 6.25. The molecule has 2 atom stereocenters. The highest BCUT2D eigenvalue weighted by atomic mass is 16.1. The molecule has 0 aliphatic carbocycles. The van der Waals surface area contributed by atoms with E-state index in [0.717, 1.165) is 6.54 Å². The van der Waals surface area contributed by atoms with Crippen LogP contribution in [-0.4, -0.2) is 26.0 Å². The van der Waals surface area contributed by atoms with E-state index in [-0.39, 0.29) is 5.91 Å². The molecule has 2 aromatic carbocycles. The Morgan fingerprint density at radius 2 is 1.83 bits per heavy atom. The highest BCUT2D eigenvalue weighted by Gasteiger charge is 2.33. The fourth-order valence-corrected chi connectivity index (χ4v) is 3.57. The Hall–Kier alpha value is -2.29. The minimum Gasteiger partial charge on any atom is -0.374 e. The molecule has 0 spiro atoms. The Morgan fingerprint density at radius 1 is 1.13 bits per heavy atom. The lowest BCUT2D eigenvalue weighted by atomic mass is 9.77. The van der Waals surface area contributed by atoms with Crippen molar-refractivity contribution in [1.29, 1.82) is 0 Å². The number of hydrogen-bond donors (Lipinski definition) is 1. The average molecular weight is 308 g/mol. The van der Waals surface area contributed by atoms with E-state index in [0.29, 0.717) is 24.8 Å². The summed E-state index contributed by atoms with van der Waals surface area (Å²) < 4.78 is 0. The predicted molar refractivity (Wildman–Crippen MR) is 94.8 cm³/mol. The van der Waals surface area contributed by atoms with Gasteiger partial charge in [0.2, 0.25) is 5.91 Å². The van der Waals surface area contributed by atoms with Crippen molar-refractivity contribution in [2.24, 2.45) is 5.92 Å². The number of carbonyl (C=O) groups is 1. The third-order valence-electron chi connectivity index (χ3n) is 4.70. The lowest BCUT2D eigenvalue weighted by Crippen LogP contribution is -2.42. The van der Waals surface area contributed by atoms with Gasteiger partial charge in [0.25, 0.3) is 0 Å². The first kappa shape index (κ1) is 15.6. The van der Waals surface area contributed by atoms with Gasteiger partial charge in [-0.05, 0) is 17.2 Å². The van der Waals surface area contributed by atoms with Gasteiger partial charge in [0, 0.05) is 44.1 Å². The smallest absolute Gasteiger partial charge is 0.219 e. The number of para-hydroxylation sites is 1. The molecule has 120 valence electrons. The number of nitrogens with one attached hydrogen (secondary N) is 1. The van der Waals surface area contributed by atoms with Crippen molar-refractivity contribution in [2.75, 3.05) is 25.0 Å². The van der Waals surface area contributed by atoms with Crippen LogP contribution in [0.1, 0.15) is 30.4 Å². The Labute approximate surface area is 138 Å². The number of amides is 1. The molecule has 3 rings (SSSR count). The highest BCUT2D eigenvalue weighted by molar-refractivity contribution is 5.75. The average Bonchev–Trinajstić information content (AvgIpc) is 2.60. The van der Waals surface area contributed by atoms with Gasteiger partial charge in [-0.1, -0.05) is 55.5 Å². The maximum Gasteiger partial charge on any atom is 0.219 e. The van der Waals surface area contributed by atoms with Crippen LogP contribution in [-0.2, 0) is 4.79 Å². The fraction of sp³-hybridized carbons (Fsp3) is 0.350. The third-order valence-corrected chi connectivity index (χ3v) is 4.70. The van der Waals surface area contributed by atoms with E-state index in [9.17, 15) is 4.79 Å². The maximum atomic E-state index is 11.7. The van der Waals surface area contributed by atoms with Crippen LogP contribution >= 0.6 is 0 Å². The molecular weight excluding hydrogens is 284 g/mol. The first-order valence-electron chi connectivity index (χ1n) is 8.32. The second-order valence-electron chi connectivity index (χ2n) is 6.25.